The van der Waals surface area contributed by atoms with Crippen molar-refractivity contribution < 1.29 is 21.1 Å². The van der Waals surface area contributed by atoms with Crippen LogP contribution in [-0.2, 0) is 96.8 Å². The zero-order valence-corrected chi connectivity index (χ0v) is 20.6. The summed E-state index contributed by atoms with van der Waals surface area (Å²) in [6, 6.07) is 22.3. The Morgan fingerprint density at radius 1 is 0.320 bits per heavy atom. The van der Waals surface area contributed by atoms with Crippen LogP contribution in [0, 0.1) is 0 Å². The van der Waals surface area contributed by atoms with E-state index in [1.807, 2.05) is 72.8 Å². The molecular weight excluding hydrogens is 592 g/mol. The van der Waals surface area contributed by atoms with E-state index in [1.165, 1.54) is 0 Å². The molecule has 0 amide bonds. The first-order valence-electron chi connectivity index (χ1n) is 6.71. The standard InChI is InChI=1S/3C6H6S2.W/c3*7-5-3-1-2-4-6(5)8;/h3*1-4,7-8H;/p-6. The Kier molecular flexibility index (Phi) is 13.6. The molecule has 132 valence electrons. The van der Waals surface area contributed by atoms with Gasteiger partial charge >= 0.3 is 0 Å². The van der Waals surface area contributed by atoms with Crippen LogP contribution in [0.25, 0.3) is 0 Å². The van der Waals surface area contributed by atoms with Gasteiger partial charge in [0.05, 0.1) is 0 Å². The van der Waals surface area contributed by atoms with Crippen LogP contribution >= 0.6 is 0 Å². The fraction of sp³-hybridized carbons (Fsp3) is 0. The maximum Gasteiger partial charge on any atom is 0 e. The third-order valence-electron chi connectivity index (χ3n) is 2.55. The molecule has 0 N–H and O–H groups in total. The Morgan fingerprint density at radius 2 is 0.440 bits per heavy atom. The predicted molar refractivity (Wildman–Crippen MR) is 113 cm³/mol. The van der Waals surface area contributed by atoms with Crippen LogP contribution in [0.2, 0.25) is 0 Å². The van der Waals surface area contributed by atoms with E-state index in [1.54, 1.807) is 0 Å². The van der Waals surface area contributed by atoms with Crippen molar-refractivity contribution in [3.05, 3.63) is 72.8 Å². The van der Waals surface area contributed by atoms with Crippen molar-refractivity contribution in [1.82, 2.24) is 0 Å². The second kappa shape index (κ2) is 13.8. The van der Waals surface area contributed by atoms with Crippen molar-refractivity contribution in [3.8, 4) is 0 Å². The van der Waals surface area contributed by atoms with E-state index in [4.69, 9.17) is 75.8 Å². The van der Waals surface area contributed by atoms with Crippen molar-refractivity contribution in [2.24, 2.45) is 0 Å². The average Bonchev–Trinajstić information content (AvgIpc) is 2.57. The molecule has 0 radical (unpaired) electrons. The summed E-state index contributed by atoms with van der Waals surface area (Å²) in [6.07, 6.45) is 0. The first kappa shape index (κ1) is 24.7. The Bertz CT molecular complexity index is 597. The molecule has 0 bridgehead atoms. The minimum atomic E-state index is 0. The molecule has 0 spiro atoms. The summed E-state index contributed by atoms with van der Waals surface area (Å²) in [6.45, 7) is 0. The molecular formula is C18H12S6W-6. The molecule has 3 aromatic carbocycles. The zero-order chi connectivity index (χ0) is 17.9. The Hall–Kier alpha value is -0.332. The van der Waals surface area contributed by atoms with Crippen LogP contribution in [0.5, 0.6) is 0 Å². The Balaban J connectivity index is 0.000000339. The van der Waals surface area contributed by atoms with Crippen molar-refractivity contribution in [2.45, 2.75) is 29.4 Å². The summed E-state index contributed by atoms with van der Waals surface area (Å²) in [5, 5.41) is 0. The summed E-state index contributed by atoms with van der Waals surface area (Å²) in [4.78, 5) is 4.60. The van der Waals surface area contributed by atoms with Gasteiger partial charge in [-0.25, -0.2) is 0 Å². The number of rotatable bonds is 0. The summed E-state index contributed by atoms with van der Waals surface area (Å²) in [7, 11) is 0. The van der Waals surface area contributed by atoms with Crippen LogP contribution in [0.4, 0.5) is 0 Å². The SMILES string of the molecule is [S-]c1ccccc1[S-].[S-]c1ccccc1[S-].[S-]c1ccccc1[S-].[W]. The van der Waals surface area contributed by atoms with E-state index >= 15 is 0 Å². The van der Waals surface area contributed by atoms with Crippen molar-refractivity contribution in [2.75, 3.05) is 0 Å². The summed E-state index contributed by atoms with van der Waals surface area (Å²) >= 11 is 29.1. The first-order valence-corrected chi connectivity index (χ1v) is 9.16. The maximum absolute atomic E-state index is 4.85. The summed E-state index contributed by atoms with van der Waals surface area (Å²) in [5.41, 5.74) is 0. The summed E-state index contributed by atoms with van der Waals surface area (Å²) in [5.74, 6) is 0. The van der Waals surface area contributed by atoms with Gasteiger partial charge in [0.15, 0.2) is 0 Å². The quantitative estimate of drug-likeness (QED) is 0.345. The van der Waals surface area contributed by atoms with Crippen LogP contribution in [-0.4, -0.2) is 0 Å². The predicted octanol–water partition coefficient (Wildman–Crippen LogP) is 4.49. The number of benzene rings is 3. The van der Waals surface area contributed by atoms with Gasteiger partial charge in [-0.05, 0) is 0 Å². The second-order valence-corrected chi connectivity index (χ2v) is 6.98. The minimum Gasteiger partial charge on any atom is -0.781 e. The third kappa shape index (κ3) is 10.4. The van der Waals surface area contributed by atoms with Crippen LogP contribution in [0.1, 0.15) is 0 Å². The Morgan fingerprint density at radius 3 is 0.520 bits per heavy atom. The Labute approximate surface area is 197 Å². The van der Waals surface area contributed by atoms with Crippen LogP contribution < -0.4 is 0 Å². The van der Waals surface area contributed by atoms with Gasteiger partial charge in [0.2, 0.25) is 0 Å². The van der Waals surface area contributed by atoms with E-state index < -0.39 is 0 Å². The topological polar surface area (TPSA) is 0 Å². The molecule has 0 nitrogen and oxygen atoms in total. The molecule has 0 unspecified atom stereocenters. The molecule has 0 saturated carbocycles. The zero-order valence-electron chi connectivity index (χ0n) is 12.8. The van der Waals surface area contributed by atoms with Crippen molar-refractivity contribution in [3.63, 3.8) is 0 Å². The second-order valence-electron chi connectivity index (χ2n) is 4.34. The molecule has 0 atom stereocenters. The molecule has 0 aromatic heterocycles. The largest absolute Gasteiger partial charge is 0.781 e. The maximum atomic E-state index is 4.85. The molecule has 3 aromatic rings. The van der Waals surface area contributed by atoms with Crippen LogP contribution in [0.3, 0.4) is 0 Å². The van der Waals surface area contributed by atoms with E-state index in [0.717, 1.165) is 29.4 Å². The molecule has 0 heterocycles. The van der Waals surface area contributed by atoms with E-state index in [2.05, 4.69) is 0 Å². The minimum absolute atomic E-state index is 0. The molecule has 0 fully saturated rings. The summed E-state index contributed by atoms with van der Waals surface area (Å²) < 4.78 is 0. The molecule has 3 rings (SSSR count). The monoisotopic (exact) mass is 604 g/mol. The van der Waals surface area contributed by atoms with Crippen molar-refractivity contribution in [1.29, 1.82) is 0 Å². The van der Waals surface area contributed by atoms with Gasteiger partial charge in [-0.15, -0.1) is 0 Å². The van der Waals surface area contributed by atoms with E-state index in [0.29, 0.717) is 0 Å². The molecule has 0 aliphatic heterocycles. The molecule has 7 heteroatoms. The molecule has 0 saturated heterocycles. The molecule has 25 heavy (non-hydrogen) atoms. The first-order chi connectivity index (χ1) is 11.4. The average molecular weight is 605 g/mol. The normalized spacial score (nSPS) is 8.64. The smallest absolute Gasteiger partial charge is 0 e. The molecule has 0 aliphatic carbocycles. The van der Waals surface area contributed by atoms with Gasteiger partial charge in [0.25, 0.3) is 0 Å². The van der Waals surface area contributed by atoms with Gasteiger partial charge in [0, 0.05) is 21.1 Å². The number of hydrogen-bond donors (Lipinski definition) is 0. The van der Waals surface area contributed by atoms with E-state index in [9.17, 15) is 0 Å². The third-order valence-corrected chi connectivity index (χ3v) is 5.07. The van der Waals surface area contributed by atoms with Crippen LogP contribution in [0.15, 0.2) is 102 Å². The fourth-order valence-electron chi connectivity index (χ4n) is 1.35. The van der Waals surface area contributed by atoms with Gasteiger partial charge in [0.1, 0.15) is 0 Å². The van der Waals surface area contributed by atoms with Gasteiger partial charge in [-0.2, -0.15) is 29.4 Å². The van der Waals surface area contributed by atoms with Gasteiger partial charge < -0.3 is 75.8 Å². The van der Waals surface area contributed by atoms with Gasteiger partial charge in [-0.3, -0.25) is 0 Å². The number of hydrogen-bond acceptors (Lipinski definition) is 6. The van der Waals surface area contributed by atoms with Crippen molar-refractivity contribution >= 4 is 75.8 Å². The molecule has 0 aliphatic rings. The van der Waals surface area contributed by atoms with E-state index in [-0.39, 0.29) is 21.1 Å². The fourth-order valence-corrected chi connectivity index (χ4v) is 2.23. The van der Waals surface area contributed by atoms with Gasteiger partial charge in [-0.1, -0.05) is 72.8 Å².